The molecule has 0 bridgehead atoms. The lowest BCUT2D eigenvalue weighted by Gasteiger charge is -2.39. The topological polar surface area (TPSA) is 162 Å². The number of phenolic OH excluding ortho intramolecular Hbond substituents is 2. The highest BCUT2D eigenvalue weighted by Crippen LogP contribution is 2.21. The molecule has 0 heterocycles. The van der Waals surface area contributed by atoms with Crippen LogP contribution in [0.4, 0.5) is 0 Å². The molecule has 1 saturated carbocycles. The molecular weight excluding hydrogens is 272 g/mol. The highest BCUT2D eigenvalue weighted by atomic mass is 16.4. The molecule has 0 amide bonds. The average Bonchev–Trinajstić information content (AvgIpc) is 2.41. The highest BCUT2D eigenvalue weighted by molar-refractivity contribution is 5.30. The van der Waals surface area contributed by atoms with Gasteiger partial charge < -0.3 is 40.9 Å². The minimum absolute atomic E-state index is 0.0880. The van der Waals surface area contributed by atoms with E-state index in [1.807, 2.05) is 0 Å². The van der Waals surface area contributed by atoms with E-state index in [0.717, 1.165) is 0 Å². The Morgan fingerprint density at radius 1 is 0.550 bits per heavy atom. The number of aliphatic hydroxyl groups is 6. The van der Waals surface area contributed by atoms with Crippen LogP contribution in [0.2, 0.25) is 0 Å². The van der Waals surface area contributed by atoms with E-state index < -0.39 is 36.6 Å². The Bertz CT molecular complexity index is 350. The van der Waals surface area contributed by atoms with E-state index in [-0.39, 0.29) is 11.5 Å². The average molecular weight is 290 g/mol. The molecular formula is C12H18O8. The Morgan fingerprint density at radius 3 is 0.950 bits per heavy atom. The Morgan fingerprint density at radius 2 is 0.800 bits per heavy atom. The van der Waals surface area contributed by atoms with Gasteiger partial charge in [-0.15, -0.1) is 0 Å². The van der Waals surface area contributed by atoms with Gasteiger partial charge in [-0.2, -0.15) is 0 Å². The molecule has 114 valence electrons. The second-order valence-corrected chi connectivity index (χ2v) is 4.46. The second kappa shape index (κ2) is 6.84. The zero-order valence-electron chi connectivity index (χ0n) is 10.4. The van der Waals surface area contributed by atoms with E-state index >= 15 is 0 Å². The predicted octanol–water partition coefficient (Wildman–Crippen LogP) is -2.74. The van der Waals surface area contributed by atoms with Crippen molar-refractivity contribution in [3.8, 4) is 11.5 Å². The molecule has 0 aromatic heterocycles. The van der Waals surface area contributed by atoms with Crippen LogP contribution in [0.5, 0.6) is 11.5 Å². The van der Waals surface area contributed by atoms with Crippen molar-refractivity contribution in [3.05, 3.63) is 24.3 Å². The van der Waals surface area contributed by atoms with Gasteiger partial charge in [-0.1, -0.05) is 6.07 Å². The second-order valence-electron chi connectivity index (χ2n) is 4.46. The summed E-state index contributed by atoms with van der Waals surface area (Å²) < 4.78 is 0. The number of phenols is 2. The normalized spacial score (nSPS) is 36.9. The van der Waals surface area contributed by atoms with Gasteiger partial charge in [-0.3, -0.25) is 0 Å². The van der Waals surface area contributed by atoms with E-state index in [4.69, 9.17) is 40.9 Å². The van der Waals surface area contributed by atoms with E-state index in [9.17, 15) is 0 Å². The summed E-state index contributed by atoms with van der Waals surface area (Å²) in [5.41, 5.74) is 0. The SMILES string of the molecule is O[C@H]1[C@H](O)[C@@H](O)[C@H](O)[C@@H](O)[C@H]1O.Oc1cccc(O)c1. The molecule has 1 aromatic rings. The van der Waals surface area contributed by atoms with E-state index in [2.05, 4.69) is 0 Å². The Hall–Kier alpha value is -1.42. The van der Waals surface area contributed by atoms with Crippen LogP contribution in [-0.2, 0) is 0 Å². The fraction of sp³-hybridized carbons (Fsp3) is 0.500. The van der Waals surface area contributed by atoms with Gasteiger partial charge in [-0.05, 0) is 12.1 Å². The molecule has 0 spiro atoms. The molecule has 0 unspecified atom stereocenters. The summed E-state index contributed by atoms with van der Waals surface area (Å²) in [4.78, 5) is 0. The summed E-state index contributed by atoms with van der Waals surface area (Å²) >= 11 is 0. The lowest BCUT2D eigenvalue weighted by molar-refractivity contribution is -0.223. The molecule has 0 aliphatic heterocycles. The van der Waals surface area contributed by atoms with Gasteiger partial charge in [0.25, 0.3) is 0 Å². The predicted molar refractivity (Wildman–Crippen MR) is 65.8 cm³/mol. The lowest BCUT2D eigenvalue weighted by atomic mass is 9.85. The first-order valence-corrected chi connectivity index (χ1v) is 5.82. The van der Waals surface area contributed by atoms with Crippen LogP contribution in [0.15, 0.2) is 24.3 Å². The number of aliphatic hydroxyl groups excluding tert-OH is 6. The Kier molecular flexibility index (Phi) is 5.69. The van der Waals surface area contributed by atoms with Gasteiger partial charge in [0.15, 0.2) is 0 Å². The highest BCUT2D eigenvalue weighted by Gasteiger charge is 2.47. The third-order valence-corrected chi connectivity index (χ3v) is 2.93. The molecule has 8 N–H and O–H groups in total. The van der Waals surface area contributed by atoms with Crippen molar-refractivity contribution >= 4 is 0 Å². The molecule has 8 nitrogen and oxygen atoms in total. The van der Waals surface area contributed by atoms with Crippen LogP contribution in [0.25, 0.3) is 0 Å². The van der Waals surface area contributed by atoms with Gasteiger partial charge in [0.05, 0.1) is 0 Å². The van der Waals surface area contributed by atoms with Crippen LogP contribution in [0, 0.1) is 0 Å². The monoisotopic (exact) mass is 290 g/mol. The van der Waals surface area contributed by atoms with Crippen LogP contribution in [-0.4, -0.2) is 77.5 Å². The molecule has 8 heteroatoms. The summed E-state index contributed by atoms with van der Waals surface area (Å²) in [6.07, 6.45) is -9.84. The first kappa shape index (κ1) is 16.6. The summed E-state index contributed by atoms with van der Waals surface area (Å²) in [6, 6.07) is 5.85. The molecule has 0 radical (unpaired) electrons. The van der Waals surface area contributed by atoms with E-state index in [1.54, 1.807) is 6.07 Å². The Balaban J connectivity index is 0.000000217. The van der Waals surface area contributed by atoms with Crippen LogP contribution >= 0.6 is 0 Å². The van der Waals surface area contributed by atoms with Gasteiger partial charge >= 0.3 is 0 Å². The summed E-state index contributed by atoms with van der Waals surface area (Å²) in [6.45, 7) is 0. The van der Waals surface area contributed by atoms with Crippen molar-refractivity contribution in [2.24, 2.45) is 0 Å². The minimum Gasteiger partial charge on any atom is -0.508 e. The molecule has 2 rings (SSSR count). The fourth-order valence-electron chi connectivity index (χ4n) is 1.71. The van der Waals surface area contributed by atoms with Gasteiger partial charge in [0, 0.05) is 6.07 Å². The molecule has 20 heavy (non-hydrogen) atoms. The largest absolute Gasteiger partial charge is 0.508 e. The lowest BCUT2D eigenvalue weighted by Crippen LogP contribution is -2.63. The quantitative estimate of drug-likeness (QED) is 0.255. The summed E-state index contributed by atoms with van der Waals surface area (Å²) in [5, 5.41) is 71.1. The van der Waals surface area contributed by atoms with Crippen molar-refractivity contribution in [3.63, 3.8) is 0 Å². The number of rotatable bonds is 0. The van der Waals surface area contributed by atoms with Crippen LogP contribution in [0.3, 0.4) is 0 Å². The van der Waals surface area contributed by atoms with Crippen LogP contribution < -0.4 is 0 Å². The number of aromatic hydroxyl groups is 2. The third kappa shape index (κ3) is 3.79. The van der Waals surface area contributed by atoms with Gasteiger partial charge in [0.1, 0.15) is 48.1 Å². The number of benzene rings is 1. The van der Waals surface area contributed by atoms with Crippen molar-refractivity contribution in [1.82, 2.24) is 0 Å². The van der Waals surface area contributed by atoms with Crippen LogP contribution in [0.1, 0.15) is 0 Å². The molecule has 1 aromatic carbocycles. The van der Waals surface area contributed by atoms with Gasteiger partial charge in [-0.25, -0.2) is 0 Å². The first-order chi connectivity index (χ1) is 9.25. The number of hydrogen-bond donors (Lipinski definition) is 8. The fourth-order valence-corrected chi connectivity index (χ4v) is 1.71. The van der Waals surface area contributed by atoms with E-state index in [1.165, 1.54) is 18.2 Å². The van der Waals surface area contributed by atoms with Gasteiger partial charge in [0.2, 0.25) is 0 Å². The number of hydrogen-bond acceptors (Lipinski definition) is 8. The molecule has 1 aliphatic rings. The zero-order chi connectivity index (χ0) is 15.4. The first-order valence-electron chi connectivity index (χ1n) is 5.82. The summed E-state index contributed by atoms with van der Waals surface area (Å²) in [7, 11) is 0. The molecule has 1 aliphatic carbocycles. The van der Waals surface area contributed by atoms with Crippen molar-refractivity contribution in [2.45, 2.75) is 36.6 Å². The van der Waals surface area contributed by atoms with Crippen molar-refractivity contribution < 1.29 is 40.9 Å². The maximum Gasteiger partial charge on any atom is 0.119 e. The summed E-state index contributed by atoms with van der Waals surface area (Å²) in [5.74, 6) is 0.176. The van der Waals surface area contributed by atoms with Crippen molar-refractivity contribution in [1.29, 1.82) is 0 Å². The maximum absolute atomic E-state index is 8.97. The molecule has 0 saturated heterocycles. The molecule has 0 atom stereocenters. The Labute approximate surface area is 114 Å². The zero-order valence-corrected chi connectivity index (χ0v) is 10.4. The van der Waals surface area contributed by atoms with Crippen molar-refractivity contribution in [2.75, 3.05) is 0 Å². The third-order valence-electron chi connectivity index (χ3n) is 2.93. The smallest absolute Gasteiger partial charge is 0.119 e. The molecule has 1 fully saturated rings. The van der Waals surface area contributed by atoms with E-state index in [0.29, 0.717) is 0 Å². The standard InChI is InChI=1S/C6H12O6.C6H6O2/c7-1-2(8)4(10)6(12)5(11)3(1)9;7-5-2-1-3-6(8)4-5/h1-12H;1-4,7-8H/t1-,2-,3-,4+,5-,6-;. The maximum atomic E-state index is 8.97. The minimum atomic E-state index is -1.64.